The Bertz CT molecular complexity index is 474. The second kappa shape index (κ2) is 9.55. The fourth-order valence-corrected chi connectivity index (χ4v) is 1.80. The largest absolute Gasteiger partial charge is 0.380 e. The van der Waals surface area contributed by atoms with Crippen molar-refractivity contribution >= 4 is 17.3 Å². The number of hydrogen-bond donors (Lipinski definition) is 1. The van der Waals surface area contributed by atoms with Crippen LogP contribution in [0.2, 0.25) is 5.02 Å². The third-order valence-corrected chi connectivity index (χ3v) is 3.10. The Morgan fingerprint density at radius 3 is 3.05 bits per heavy atom. The van der Waals surface area contributed by atoms with Gasteiger partial charge in [-0.15, -0.1) is 6.58 Å². The van der Waals surface area contributed by atoms with Crippen LogP contribution in [0.15, 0.2) is 23.6 Å². The number of nitrogens with one attached hydrogen (secondary N) is 1. The monoisotopic (exact) mass is 299 g/mol. The molecule has 112 valence electrons. The van der Waals surface area contributed by atoms with Gasteiger partial charge in [0.05, 0.1) is 25.1 Å². The van der Waals surface area contributed by atoms with Gasteiger partial charge in [-0.05, 0) is 12.8 Å². The number of nitrogens with zero attached hydrogens (tertiary/aromatic N) is 2. The Morgan fingerprint density at radius 2 is 2.35 bits per heavy atom. The third-order valence-electron chi connectivity index (χ3n) is 2.74. The molecule has 6 heteroatoms. The number of aromatic nitrogens is 2. The topological polar surface area (TPSA) is 56.1 Å². The highest BCUT2D eigenvalue weighted by atomic mass is 35.5. The molecule has 0 fully saturated rings. The third kappa shape index (κ3) is 5.35. The molecule has 0 aromatic carbocycles. The highest BCUT2D eigenvalue weighted by molar-refractivity contribution is 6.32. The molecule has 0 atom stereocenters. The minimum atomic E-state index is -0.252. The van der Waals surface area contributed by atoms with E-state index < -0.39 is 0 Å². The minimum absolute atomic E-state index is 0.183. The molecule has 20 heavy (non-hydrogen) atoms. The van der Waals surface area contributed by atoms with Gasteiger partial charge in [0.15, 0.2) is 0 Å². The van der Waals surface area contributed by atoms with Crippen LogP contribution in [0, 0.1) is 0 Å². The maximum Gasteiger partial charge on any atom is 0.287 e. The summed E-state index contributed by atoms with van der Waals surface area (Å²) in [6.45, 7) is 8.05. The lowest BCUT2D eigenvalue weighted by atomic mass is 10.3. The second-order valence-electron chi connectivity index (χ2n) is 4.37. The number of hydrogen-bond acceptors (Lipinski definition) is 4. The zero-order valence-electron chi connectivity index (χ0n) is 11.9. The maximum atomic E-state index is 12.0. The molecule has 0 amide bonds. The SMILES string of the molecule is C=CCCOCCNc1cnn(CCCC)c(=O)c1Cl. The van der Waals surface area contributed by atoms with Crippen LogP contribution in [-0.4, -0.2) is 29.5 Å². The molecule has 0 saturated heterocycles. The summed E-state index contributed by atoms with van der Waals surface area (Å²) in [5, 5.41) is 7.35. The lowest BCUT2D eigenvalue weighted by Crippen LogP contribution is -2.24. The first-order valence-electron chi connectivity index (χ1n) is 6.88. The van der Waals surface area contributed by atoms with E-state index in [4.69, 9.17) is 16.3 Å². The zero-order valence-corrected chi connectivity index (χ0v) is 12.7. The molecule has 0 aliphatic carbocycles. The van der Waals surface area contributed by atoms with Crippen LogP contribution in [-0.2, 0) is 11.3 Å². The molecular weight excluding hydrogens is 278 g/mol. The van der Waals surface area contributed by atoms with Crippen molar-refractivity contribution in [1.29, 1.82) is 0 Å². The summed E-state index contributed by atoms with van der Waals surface area (Å²) in [7, 11) is 0. The summed E-state index contributed by atoms with van der Waals surface area (Å²) < 4.78 is 6.76. The average molecular weight is 300 g/mol. The molecule has 0 radical (unpaired) electrons. The molecule has 0 saturated carbocycles. The lowest BCUT2D eigenvalue weighted by Gasteiger charge is -2.10. The van der Waals surface area contributed by atoms with Crippen molar-refractivity contribution in [3.63, 3.8) is 0 Å². The fourth-order valence-electron chi connectivity index (χ4n) is 1.58. The minimum Gasteiger partial charge on any atom is -0.380 e. The van der Waals surface area contributed by atoms with Crippen molar-refractivity contribution in [2.75, 3.05) is 25.1 Å². The van der Waals surface area contributed by atoms with Crippen molar-refractivity contribution in [2.45, 2.75) is 32.7 Å². The average Bonchev–Trinajstić information content (AvgIpc) is 2.46. The molecule has 0 bridgehead atoms. The van der Waals surface area contributed by atoms with E-state index in [-0.39, 0.29) is 10.6 Å². The van der Waals surface area contributed by atoms with E-state index >= 15 is 0 Å². The molecule has 1 N–H and O–H groups in total. The smallest absolute Gasteiger partial charge is 0.287 e. The van der Waals surface area contributed by atoms with Crippen LogP contribution in [0.3, 0.4) is 0 Å². The first-order valence-corrected chi connectivity index (χ1v) is 7.26. The zero-order chi connectivity index (χ0) is 14.8. The molecular formula is C14H22ClN3O2. The lowest BCUT2D eigenvalue weighted by molar-refractivity contribution is 0.149. The Kier molecular flexibility index (Phi) is 7.99. The molecule has 0 spiro atoms. The summed E-state index contributed by atoms with van der Waals surface area (Å²) in [6.07, 6.45) is 6.14. The van der Waals surface area contributed by atoms with E-state index in [0.717, 1.165) is 19.3 Å². The summed E-state index contributed by atoms with van der Waals surface area (Å²) >= 11 is 6.05. The van der Waals surface area contributed by atoms with E-state index in [0.29, 0.717) is 32.0 Å². The first-order chi connectivity index (χ1) is 9.70. The quantitative estimate of drug-likeness (QED) is 0.533. The van der Waals surface area contributed by atoms with Crippen molar-refractivity contribution in [2.24, 2.45) is 0 Å². The van der Waals surface area contributed by atoms with Gasteiger partial charge in [0, 0.05) is 13.1 Å². The van der Waals surface area contributed by atoms with Gasteiger partial charge in [0.1, 0.15) is 5.02 Å². The molecule has 1 heterocycles. The summed E-state index contributed by atoms with van der Waals surface area (Å²) in [6, 6.07) is 0. The Labute approximate surface area is 124 Å². The molecule has 5 nitrogen and oxygen atoms in total. The summed E-state index contributed by atoms with van der Waals surface area (Å²) in [5.41, 5.74) is 0.300. The predicted molar refractivity (Wildman–Crippen MR) is 82.5 cm³/mol. The number of anilines is 1. The van der Waals surface area contributed by atoms with Crippen LogP contribution < -0.4 is 10.9 Å². The molecule has 1 aromatic heterocycles. The van der Waals surface area contributed by atoms with Crippen LogP contribution in [0.1, 0.15) is 26.2 Å². The maximum absolute atomic E-state index is 12.0. The van der Waals surface area contributed by atoms with E-state index in [2.05, 4.69) is 23.9 Å². The van der Waals surface area contributed by atoms with Crippen LogP contribution >= 0.6 is 11.6 Å². The number of rotatable bonds is 10. The predicted octanol–water partition coefficient (Wildman–Crippen LogP) is 2.70. The van der Waals surface area contributed by atoms with Gasteiger partial charge in [-0.3, -0.25) is 4.79 Å². The van der Waals surface area contributed by atoms with Crippen LogP contribution in [0.4, 0.5) is 5.69 Å². The first kappa shape index (κ1) is 16.7. The molecule has 0 aliphatic heterocycles. The molecule has 0 unspecified atom stereocenters. The van der Waals surface area contributed by atoms with Crippen molar-refractivity contribution in [1.82, 2.24) is 9.78 Å². The number of aryl methyl sites for hydroxylation is 1. The number of unbranched alkanes of at least 4 members (excludes halogenated alkanes) is 1. The number of halogens is 1. The van der Waals surface area contributed by atoms with E-state index in [1.165, 1.54) is 4.68 Å². The van der Waals surface area contributed by atoms with Gasteiger partial charge in [-0.25, -0.2) is 4.68 Å². The molecule has 0 aliphatic rings. The summed E-state index contributed by atoms with van der Waals surface area (Å²) in [5.74, 6) is 0. The summed E-state index contributed by atoms with van der Waals surface area (Å²) in [4.78, 5) is 12.0. The van der Waals surface area contributed by atoms with Crippen molar-refractivity contribution in [3.05, 3.63) is 34.2 Å². The number of ether oxygens (including phenoxy) is 1. The van der Waals surface area contributed by atoms with Gasteiger partial charge >= 0.3 is 0 Å². The highest BCUT2D eigenvalue weighted by Gasteiger charge is 2.08. The van der Waals surface area contributed by atoms with Gasteiger partial charge in [0.2, 0.25) is 0 Å². The molecule has 1 aromatic rings. The highest BCUT2D eigenvalue weighted by Crippen LogP contribution is 2.14. The Morgan fingerprint density at radius 1 is 1.55 bits per heavy atom. The van der Waals surface area contributed by atoms with Crippen molar-refractivity contribution < 1.29 is 4.74 Å². The molecule has 1 rings (SSSR count). The van der Waals surface area contributed by atoms with Gasteiger partial charge < -0.3 is 10.1 Å². The van der Waals surface area contributed by atoms with E-state index in [1.54, 1.807) is 6.20 Å². The fraction of sp³-hybridized carbons (Fsp3) is 0.571. The normalized spacial score (nSPS) is 10.5. The second-order valence-corrected chi connectivity index (χ2v) is 4.75. The van der Waals surface area contributed by atoms with E-state index in [9.17, 15) is 4.79 Å². The standard InChI is InChI=1S/C14H22ClN3O2/c1-3-5-8-18-14(19)13(15)12(11-17-18)16-7-10-20-9-6-4-2/h4,11,16H,2-3,5-10H2,1H3. The van der Waals surface area contributed by atoms with Crippen LogP contribution in [0.5, 0.6) is 0 Å². The van der Waals surface area contributed by atoms with Gasteiger partial charge in [-0.1, -0.05) is 31.0 Å². The van der Waals surface area contributed by atoms with Crippen molar-refractivity contribution in [3.8, 4) is 0 Å². The van der Waals surface area contributed by atoms with E-state index in [1.807, 2.05) is 6.08 Å². The Hall–Kier alpha value is -1.33. The van der Waals surface area contributed by atoms with Gasteiger partial charge in [0.25, 0.3) is 5.56 Å². The van der Waals surface area contributed by atoms with Gasteiger partial charge in [-0.2, -0.15) is 5.10 Å². The Balaban J connectivity index is 2.48. The van der Waals surface area contributed by atoms with Crippen LogP contribution in [0.25, 0.3) is 0 Å².